The summed E-state index contributed by atoms with van der Waals surface area (Å²) in [6, 6.07) is 11.4. The van der Waals surface area contributed by atoms with Crippen LogP contribution in [0, 0.1) is 11.6 Å². The van der Waals surface area contributed by atoms with E-state index in [1.165, 1.54) is 0 Å². The van der Waals surface area contributed by atoms with Crippen molar-refractivity contribution in [1.82, 2.24) is 5.32 Å². The van der Waals surface area contributed by atoms with Gasteiger partial charge in [-0.15, -0.1) is 11.3 Å². The normalized spacial score (nSPS) is 10.9. The summed E-state index contributed by atoms with van der Waals surface area (Å²) in [5, 5.41) is 2.60. The maximum absolute atomic E-state index is 13.8. The Morgan fingerprint density at radius 3 is 2.45 bits per heavy atom. The lowest BCUT2D eigenvalue weighted by Gasteiger charge is -2.03. The van der Waals surface area contributed by atoms with Gasteiger partial charge in [-0.2, -0.15) is 0 Å². The van der Waals surface area contributed by atoms with Crippen molar-refractivity contribution >= 4 is 38.9 Å². The Kier molecular flexibility index (Phi) is 4.09. The van der Waals surface area contributed by atoms with Crippen molar-refractivity contribution in [3.8, 4) is 0 Å². The van der Waals surface area contributed by atoms with Gasteiger partial charge in [0.2, 0.25) is 0 Å². The second-order valence-electron chi connectivity index (χ2n) is 4.65. The molecule has 0 bridgehead atoms. The van der Waals surface area contributed by atoms with E-state index in [4.69, 9.17) is 11.6 Å². The summed E-state index contributed by atoms with van der Waals surface area (Å²) >= 11 is 6.90. The van der Waals surface area contributed by atoms with Crippen LogP contribution >= 0.6 is 22.9 Å². The third kappa shape index (κ3) is 2.69. The molecule has 22 heavy (non-hydrogen) atoms. The second-order valence-corrected chi connectivity index (χ2v) is 6.05. The Bertz CT molecular complexity index is 848. The fraction of sp³-hybridized carbons (Fsp3) is 0.0625. The highest BCUT2D eigenvalue weighted by molar-refractivity contribution is 7.21. The summed E-state index contributed by atoms with van der Waals surface area (Å²) in [5.74, 6) is -1.68. The fourth-order valence-electron chi connectivity index (χ4n) is 2.10. The molecule has 1 amide bonds. The van der Waals surface area contributed by atoms with Crippen molar-refractivity contribution in [3.05, 3.63) is 69.6 Å². The molecule has 112 valence electrons. The monoisotopic (exact) mass is 337 g/mol. The molecule has 0 saturated heterocycles. The molecule has 0 radical (unpaired) electrons. The smallest absolute Gasteiger partial charge is 0.263 e. The molecule has 2 nitrogen and oxygen atoms in total. The van der Waals surface area contributed by atoms with Gasteiger partial charge in [-0.25, -0.2) is 8.78 Å². The first-order valence-corrected chi connectivity index (χ1v) is 7.65. The lowest BCUT2D eigenvalue weighted by atomic mass is 10.2. The summed E-state index contributed by atoms with van der Waals surface area (Å²) in [4.78, 5) is 12.3. The number of hydrogen-bond donors (Lipinski definition) is 1. The van der Waals surface area contributed by atoms with Crippen LogP contribution in [0.2, 0.25) is 5.02 Å². The van der Waals surface area contributed by atoms with E-state index in [9.17, 15) is 13.6 Å². The average Bonchev–Trinajstić information content (AvgIpc) is 2.89. The molecule has 1 aromatic heterocycles. The van der Waals surface area contributed by atoms with Gasteiger partial charge in [0.05, 0.1) is 15.1 Å². The number of halogens is 3. The van der Waals surface area contributed by atoms with E-state index in [0.29, 0.717) is 6.54 Å². The number of fused-ring (bicyclic) bond motifs is 1. The SMILES string of the molecule is O=C(NCc1ccccc1)c1sc2c(F)ccc(F)c2c1Cl. The number of hydrogen-bond acceptors (Lipinski definition) is 2. The highest BCUT2D eigenvalue weighted by atomic mass is 35.5. The van der Waals surface area contributed by atoms with Crippen molar-refractivity contribution in [2.24, 2.45) is 0 Å². The zero-order chi connectivity index (χ0) is 15.7. The van der Waals surface area contributed by atoms with Crippen LogP contribution in [0.5, 0.6) is 0 Å². The van der Waals surface area contributed by atoms with Crippen LogP contribution in [0.25, 0.3) is 10.1 Å². The molecule has 2 aromatic carbocycles. The van der Waals surface area contributed by atoms with Crippen molar-refractivity contribution in [1.29, 1.82) is 0 Å². The molecule has 6 heteroatoms. The molecule has 0 aliphatic rings. The summed E-state index contributed by atoms with van der Waals surface area (Å²) in [5.41, 5.74) is 0.922. The van der Waals surface area contributed by atoms with Gasteiger partial charge in [0.25, 0.3) is 5.91 Å². The topological polar surface area (TPSA) is 29.1 Å². The van der Waals surface area contributed by atoms with Gasteiger partial charge in [-0.05, 0) is 17.7 Å². The molecule has 3 aromatic rings. The van der Waals surface area contributed by atoms with Gasteiger partial charge >= 0.3 is 0 Å². The molecule has 0 aliphatic carbocycles. The molecule has 1 N–H and O–H groups in total. The quantitative estimate of drug-likeness (QED) is 0.733. The van der Waals surface area contributed by atoms with E-state index in [0.717, 1.165) is 29.0 Å². The van der Waals surface area contributed by atoms with Gasteiger partial charge in [0, 0.05) is 6.54 Å². The number of amides is 1. The van der Waals surface area contributed by atoms with Gasteiger partial charge in [-0.1, -0.05) is 41.9 Å². The Balaban J connectivity index is 1.90. The zero-order valence-electron chi connectivity index (χ0n) is 11.2. The maximum atomic E-state index is 13.8. The van der Waals surface area contributed by atoms with Crippen LogP contribution in [-0.4, -0.2) is 5.91 Å². The van der Waals surface area contributed by atoms with Crippen LogP contribution in [0.4, 0.5) is 8.78 Å². The first-order valence-electron chi connectivity index (χ1n) is 6.46. The Morgan fingerprint density at radius 2 is 1.77 bits per heavy atom. The summed E-state index contributed by atoms with van der Waals surface area (Å²) in [6.07, 6.45) is 0. The summed E-state index contributed by atoms with van der Waals surface area (Å²) in [6.45, 7) is 0.315. The minimum atomic E-state index is -0.639. The number of carbonyl (C=O) groups excluding carboxylic acids is 1. The number of carbonyl (C=O) groups is 1. The summed E-state index contributed by atoms with van der Waals surface area (Å²) in [7, 11) is 0. The van der Waals surface area contributed by atoms with Gasteiger partial charge < -0.3 is 5.32 Å². The van der Waals surface area contributed by atoms with Crippen molar-refractivity contribution in [3.63, 3.8) is 0 Å². The minimum absolute atomic E-state index is 0.0449. The predicted octanol–water partition coefficient (Wildman–Crippen LogP) is 4.76. The van der Waals surface area contributed by atoms with Crippen LogP contribution in [0.3, 0.4) is 0 Å². The average molecular weight is 338 g/mol. The van der Waals surface area contributed by atoms with Gasteiger partial charge in [0.15, 0.2) is 0 Å². The number of thiophene rings is 1. The van der Waals surface area contributed by atoms with Crippen LogP contribution < -0.4 is 5.32 Å². The molecular formula is C16H10ClF2NOS. The molecule has 1 heterocycles. The molecule has 0 atom stereocenters. The lowest BCUT2D eigenvalue weighted by Crippen LogP contribution is -2.22. The molecular weight excluding hydrogens is 328 g/mol. The zero-order valence-corrected chi connectivity index (χ0v) is 12.8. The van der Waals surface area contributed by atoms with Crippen molar-refractivity contribution in [2.75, 3.05) is 0 Å². The molecule has 0 aliphatic heterocycles. The van der Waals surface area contributed by atoms with Crippen LogP contribution in [0.1, 0.15) is 15.2 Å². The Morgan fingerprint density at radius 1 is 1.09 bits per heavy atom. The Hall–Kier alpha value is -1.98. The number of rotatable bonds is 3. The highest BCUT2D eigenvalue weighted by Crippen LogP contribution is 2.38. The minimum Gasteiger partial charge on any atom is -0.347 e. The molecule has 3 rings (SSSR count). The number of nitrogens with one attached hydrogen (secondary N) is 1. The van der Waals surface area contributed by atoms with E-state index >= 15 is 0 Å². The van der Waals surface area contributed by atoms with E-state index in [2.05, 4.69) is 5.32 Å². The molecule has 0 saturated carbocycles. The largest absolute Gasteiger partial charge is 0.347 e. The Labute approximate surface area is 134 Å². The lowest BCUT2D eigenvalue weighted by molar-refractivity contribution is 0.0955. The third-order valence-corrected chi connectivity index (χ3v) is 4.87. The van der Waals surface area contributed by atoms with E-state index < -0.39 is 17.5 Å². The molecule has 0 unspecified atom stereocenters. The first kappa shape index (κ1) is 14.9. The van der Waals surface area contributed by atoms with Gasteiger partial charge in [0.1, 0.15) is 16.5 Å². The van der Waals surface area contributed by atoms with Crippen LogP contribution in [-0.2, 0) is 6.54 Å². The van der Waals surface area contributed by atoms with Crippen LogP contribution in [0.15, 0.2) is 42.5 Å². The van der Waals surface area contributed by atoms with E-state index in [-0.39, 0.29) is 20.0 Å². The first-order chi connectivity index (χ1) is 10.6. The predicted molar refractivity (Wildman–Crippen MR) is 84.4 cm³/mol. The summed E-state index contributed by atoms with van der Waals surface area (Å²) < 4.78 is 27.6. The third-order valence-electron chi connectivity index (χ3n) is 3.18. The van der Waals surface area contributed by atoms with Crippen molar-refractivity contribution < 1.29 is 13.6 Å². The van der Waals surface area contributed by atoms with E-state index in [1.807, 2.05) is 30.3 Å². The number of benzene rings is 2. The van der Waals surface area contributed by atoms with Gasteiger partial charge in [-0.3, -0.25) is 4.79 Å². The molecule has 0 spiro atoms. The molecule has 0 fully saturated rings. The maximum Gasteiger partial charge on any atom is 0.263 e. The van der Waals surface area contributed by atoms with E-state index in [1.54, 1.807) is 0 Å². The fourth-order valence-corrected chi connectivity index (χ4v) is 3.57. The van der Waals surface area contributed by atoms with Crippen molar-refractivity contribution in [2.45, 2.75) is 6.54 Å². The second kappa shape index (κ2) is 6.02. The standard InChI is InChI=1S/C16H10ClF2NOS/c17-13-12-10(18)6-7-11(19)14(12)22-15(13)16(21)20-8-9-4-2-1-3-5-9/h1-7H,8H2,(H,20,21). The highest BCUT2D eigenvalue weighted by Gasteiger charge is 2.21.